The van der Waals surface area contributed by atoms with Crippen LogP contribution in [0.3, 0.4) is 0 Å². The van der Waals surface area contributed by atoms with Crippen molar-refractivity contribution in [1.82, 2.24) is 8.97 Å². The number of amides is 1. The molecular weight excluding hydrogens is 533 g/mol. The van der Waals surface area contributed by atoms with E-state index in [0.717, 1.165) is 65.2 Å². The van der Waals surface area contributed by atoms with Crippen LogP contribution in [0.2, 0.25) is 10.0 Å². The number of aryl methyl sites for hydroxylation is 2. The Morgan fingerprint density at radius 3 is 2.41 bits per heavy atom. The molecule has 0 bridgehead atoms. The molecule has 0 aliphatic carbocycles. The van der Waals surface area contributed by atoms with Crippen LogP contribution in [-0.4, -0.2) is 29.1 Å². The van der Waals surface area contributed by atoms with E-state index in [9.17, 15) is 4.79 Å². The van der Waals surface area contributed by atoms with E-state index < -0.39 is 0 Å². The molecule has 0 atom stereocenters. The number of rotatable bonds is 6. The largest absolute Gasteiger partial charge is 0.497 e. The topological polar surface area (TPSA) is 56.9 Å². The molecule has 198 valence electrons. The summed E-state index contributed by atoms with van der Waals surface area (Å²) in [7, 11) is 3.24. The van der Waals surface area contributed by atoms with Gasteiger partial charge in [0.1, 0.15) is 22.8 Å². The number of para-hydroxylation sites is 2. The van der Waals surface area contributed by atoms with Gasteiger partial charge in [-0.05, 0) is 61.2 Å². The van der Waals surface area contributed by atoms with Crippen molar-refractivity contribution in [2.45, 2.75) is 25.8 Å². The quantitative estimate of drug-likeness (QED) is 0.229. The smallest absolute Gasteiger partial charge is 0.273 e. The molecule has 0 saturated carbocycles. The van der Waals surface area contributed by atoms with Crippen molar-refractivity contribution < 1.29 is 14.3 Å². The molecular formula is C31H27Cl2N3O3. The Labute approximate surface area is 236 Å². The number of anilines is 1. The molecule has 0 radical (unpaired) electrons. The summed E-state index contributed by atoms with van der Waals surface area (Å²) in [5, 5.41) is 4.11. The minimum atomic E-state index is -0.218. The highest BCUT2D eigenvalue weighted by atomic mass is 35.5. The Morgan fingerprint density at radius 2 is 1.67 bits per heavy atom. The molecule has 1 aliphatic heterocycles. The van der Waals surface area contributed by atoms with Crippen LogP contribution in [0.4, 0.5) is 5.69 Å². The Kier molecular flexibility index (Phi) is 6.75. The molecule has 6 nitrogen and oxygen atoms in total. The van der Waals surface area contributed by atoms with E-state index in [4.69, 9.17) is 32.7 Å². The predicted octanol–water partition coefficient (Wildman–Crippen LogP) is 7.99. The Bertz CT molecular complexity index is 1700. The van der Waals surface area contributed by atoms with E-state index >= 15 is 0 Å². The fraction of sp³-hybridized carbons (Fsp3) is 0.194. The lowest BCUT2D eigenvalue weighted by Crippen LogP contribution is -2.16. The van der Waals surface area contributed by atoms with Gasteiger partial charge in [-0.2, -0.15) is 0 Å². The first kappa shape index (κ1) is 25.4. The number of imidazole rings is 1. The predicted molar refractivity (Wildman–Crippen MR) is 157 cm³/mol. The van der Waals surface area contributed by atoms with E-state index in [1.165, 1.54) is 0 Å². The summed E-state index contributed by atoms with van der Waals surface area (Å²) in [6, 6.07) is 21.0. The van der Waals surface area contributed by atoms with Gasteiger partial charge in [0.15, 0.2) is 0 Å². The lowest BCUT2D eigenvalue weighted by atomic mass is 9.97. The zero-order valence-electron chi connectivity index (χ0n) is 21.6. The normalized spacial score (nSPS) is 12.8. The average Bonchev–Trinajstić information content (AvgIpc) is 3.38. The molecule has 3 heterocycles. The van der Waals surface area contributed by atoms with E-state index in [2.05, 4.69) is 9.88 Å². The van der Waals surface area contributed by atoms with Gasteiger partial charge in [-0.1, -0.05) is 53.5 Å². The molecule has 2 aromatic heterocycles. The summed E-state index contributed by atoms with van der Waals surface area (Å²) in [6.45, 7) is 0.832. The van der Waals surface area contributed by atoms with E-state index in [1.807, 2.05) is 77.3 Å². The lowest BCUT2D eigenvalue weighted by molar-refractivity contribution is 0.102. The standard InChI is InChI=1S/C31H27Cl2N3O3/c1-38-21-13-10-19(11-14-21)28-22-7-5-6-16-35-26(20-12-15-23(32)24(33)17-20)18-36(31(22)35)29(28)30(37)34-25-8-3-4-9-27(25)39-2/h3-4,8-15,17-18H,5-7,16H2,1-2H3,(H,34,37). The van der Waals surface area contributed by atoms with Crippen LogP contribution in [0.1, 0.15) is 28.9 Å². The Hall–Kier alpha value is -3.87. The molecule has 6 rings (SSSR count). The van der Waals surface area contributed by atoms with Gasteiger partial charge < -0.3 is 19.4 Å². The average molecular weight is 560 g/mol. The van der Waals surface area contributed by atoms with Crippen molar-refractivity contribution in [2.24, 2.45) is 0 Å². The number of carbonyl (C=O) groups excluding carboxylic acids is 1. The monoisotopic (exact) mass is 559 g/mol. The van der Waals surface area contributed by atoms with Gasteiger partial charge in [0, 0.05) is 29.4 Å². The molecule has 5 aromatic rings. The third-order valence-electron chi connectivity index (χ3n) is 7.30. The molecule has 0 saturated heterocycles. The van der Waals surface area contributed by atoms with Crippen LogP contribution in [0.25, 0.3) is 28.0 Å². The van der Waals surface area contributed by atoms with E-state index in [0.29, 0.717) is 27.2 Å². The highest BCUT2D eigenvalue weighted by Gasteiger charge is 2.30. The molecule has 8 heteroatoms. The number of carbonyl (C=O) groups is 1. The number of nitrogens with zero attached hydrogens (tertiary/aromatic N) is 2. The van der Waals surface area contributed by atoms with Crippen LogP contribution in [0.15, 0.2) is 72.9 Å². The number of halogens is 2. The summed E-state index contributed by atoms with van der Waals surface area (Å²) >= 11 is 12.6. The number of nitrogens with one attached hydrogen (secondary N) is 1. The zero-order chi connectivity index (χ0) is 27.1. The third kappa shape index (κ3) is 4.44. The van der Waals surface area contributed by atoms with Crippen LogP contribution in [0, 0.1) is 0 Å². The van der Waals surface area contributed by atoms with Gasteiger partial charge in [-0.15, -0.1) is 0 Å². The molecule has 0 fully saturated rings. The summed E-state index contributed by atoms with van der Waals surface area (Å²) < 4.78 is 15.2. The SMILES string of the molecule is COc1ccc(-c2c3c4n(c(-c5ccc(Cl)c(Cl)c5)cn4c2C(=O)Nc2ccccc2OC)CCCC3)cc1. The maximum absolute atomic E-state index is 14.1. The molecule has 1 N–H and O–H groups in total. The molecule has 39 heavy (non-hydrogen) atoms. The van der Waals surface area contributed by atoms with Gasteiger partial charge in [-0.25, -0.2) is 0 Å². The molecule has 0 unspecified atom stereocenters. The van der Waals surface area contributed by atoms with Crippen molar-refractivity contribution in [3.8, 4) is 33.9 Å². The highest BCUT2D eigenvalue weighted by molar-refractivity contribution is 6.42. The van der Waals surface area contributed by atoms with Gasteiger partial charge in [-0.3, -0.25) is 9.20 Å². The number of hydrogen-bond donors (Lipinski definition) is 1. The maximum atomic E-state index is 14.1. The van der Waals surface area contributed by atoms with E-state index in [-0.39, 0.29) is 5.91 Å². The van der Waals surface area contributed by atoms with Crippen LogP contribution in [0.5, 0.6) is 11.5 Å². The number of hydrogen-bond acceptors (Lipinski definition) is 3. The Balaban J connectivity index is 1.60. The molecule has 1 aliphatic rings. The van der Waals surface area contributed by atoms with E-state index in [1.54, 1.807) is 14.2 Å². The van der Waals surface area contributed by atoms with Crippen LogP contribution in [-0.2, 0) is 13.0 Å². The van der Waals surface area contributed by atoms with Gasteiger partial charge >= 0.3 is 0 Å². The molecule has 3 aromatic carbocycles. The number of methoxy groups -OCH3 is 2. The van der Waals surface area contributed by atoms with Gasteiger partial charge in [0.25, 0.3) is 5.91 Å². The maximum Gasteiger partial charge on any atom is 0.273 e. The first-order chi connectivity index (χ1) is 19.0. The second-order valence-corrected chi connectivity index (χ2v) is 10.3. The first-order valence-electron chi connectivity index (χ1n) is 12.8. The highest BCUT2D eigenvalue weighted by Crippen LogP contribution is 2.41. The third-order valence-corrected chi connectivity index (χ3v) is 8.04. The fourth-order valence-corrected chi connectivity index (χ4v) is 5.79. The second kappa shape index (κ2) is 10.4. The fourth-order valence-electron chi connectivity index (χ4n) is 5.49. The number of ether oxygens (including phenoxy) is 2. The molecule has 1 amide bonds. The molecule has 0 spiro atoms. The summed E-state index contributed by atoms with van der Waals surface area (Å²) in [5.41, 5.74) is 7.16. The minimum Gasteiger partial charge on any atom is -0.497 e. The number of aromatic nitrogens is 2. The van der Waals surface area contributed by atoms with Crippen molar-refractivity contribution in [3.63, 3.8) is 0 Å². The first-order valence-corrected chi connectivity index (χ1v) is 13.6. The Morgan fingerprint density at radius 1 is 0.897 bits per heavy atom. The van der Waals surface area contributed by atoms with Crippen LogP contribution < -0.4 is 14.8 Å². The van der Waals surface area contributed by atoms with Crippen molar-refractivity contribution >= 4 is 40.4 Å². The second-order valence-electron chi connectivity index (χ2n) is 9.53. The lowest BCUT2D eigenvalue weighted by Gasteiger charge is -2.12. The minimum absolute atomic E-state index is 0.218. The summed E-state index contributed by atoms with van der Waals surface area (Å²) in [4.78, 5) is 14.1. The van der Waals surface area contributed by atoms with Crippen LogP contribution >= 0.6 is 23.2 Å². The van der Waals surface area contributed by atoms with Gasteiger partial charge in [0.2, 0.25) is 0 Å². The van der Waals surface area contributed by atoms with Crippen molar-refractivity contribution in [1.29, 1.82) is 0 Å². The van der Waals surface area contributed by atoms with Crippen molar-refractivity contribution in [2.75, 3.05) is 19.5 Å². The summed E-state index contributed by atoms with van der Waals surface area (Å²) in [6.07, 6.45) is 4.93. The number of benzene rings is 3. The van der Waals surface area contributed by atoms with Crippen molar-refractivity contribution in [3.05, 3.63) is 94.2 Å². The zero-order valence-corrected chi connectivity index (χ0v) is 23.1. The summed E-state index contributed by atoms with van der Waals surface area (Å²) in [5.74, 6) is 1.14. The van der Waals surface area contributed by atoms with Gasteiger partial charge in [0.05, 0.1) is 35.6 Å².